The molecule has 0 radical (unpaired) electrons. The first kappa shape index (κ1) is 20.7. The molecule has 2 heterocycles. The van der Waals surface area contributed by atoms with Crippen LogP contribution in [-0.2, 0) is 4.79 Å². The number of nitrogens with one attached hydrogen (secondary N) is 2. The molecular formula is C19H25ClN4OS. The first-order valence-electron chi connectivity index (χ1n) is 8.64. The lowest BCUT2D eigenvalue weighted by Crippen LogP contribution is -2.40. The van der Waals surface area contributed by atoms with Crippen LogP contribution in [0.5, 0.6) is 0 Å². The van der Waals surface area contributed by atoms with Crippen molar-refractivity contribution in [3.05, 3.63) is 41.7 Å². The maximum Gasteiger partial charge on any atom is 0.227 e. The monoisotopic (exact) mass is 392 g/mol. The van der Waals surface area contributed by atoms with E-state index in [-0.39, 0.29) is 24.2 Å². The van der Waals surface area contributed by atoms with Crippen LogP contribution >= 0.6 is 24.2 Å². The molecule has 140 valence electrons. The van der Waals surface area contributed by atoms with Gasteiger partial charge in [0.15, 0.2) is 5.16 Å². The lowest BCUT2D eigenvalue weighted by molar-refractivity contribution is -0.120. The summed E-state index contributed by atoms with van der Waals surface area (Å²) in [6, 6.07) is 10.2. The van der Waals surface area contributed by atoms with E-state index >= 15 is 0 Å². The van der Waals surface area contributed by atoms with E-state index in [1.807, 2.05) is 44.2 Å². The van der Waals surface area contributed by atoms with Crippen molar-refractivity contribution in [2.24, 2.45) is 5.92 Å². The van der Waals surface area contributed by atoms with E-state index in [0.717, 1.165) is 46.5 Å². The molecule has 0 unspecified atom stereocenters. The highest BCUT2D eigenvalue weighted by atomic mass is 35.5. The molecule has 1 saturated heterocycles. The fourth-order valence-electron chi connectivity index (χ4n) is 3.07. The number of benzene rings is 1. The van der Waals surface area contributed by atoms with Crippen LogP contribution in [0.3, 0.4) is 0 Å². The molecule has 1 amide bonds. The zero-order chi connectivity index (χ0) is 17.8. The number of anilines is 1. The van der Waals surface area contributed by atoms with Gasteiger partial charge in [-0.25, -0.2) is 9.97 Å². The van der Waals surface area contributed by atoms with Gasteiger partial charge in [-0.15, -0.1) is 12.4 Å². The highest BCUT2D eigenvalue weighted by Crippen LogP contribution is 2.27. The maximum absolute atomic E-state index is 12.4. The van der Waals surface area contributed by atoms with Crippen LogP contribution in [0.25, 0.3) is 0 Å². The molecule has 2 aromatic rings. The molecule has 1 fully saturated rings. The fraction of sp³-hybridized carbons (Fsp3) is 0.421. The van der Waals surface area contributed by atoms with Gasteiger partial charge in [-0.2, -0.15) is 0 Å². The van der Waals surface area contributed by atoms with E-state index in [9.17, 15) is 4.79 Å². The minimum absolute atomic E-state index is 0. The fourth-order valence-corrected chi connectivity index (χ4v) is 3.93. The summed E-state index contributed by atoms with van der Waals surface area (Å²) in [5.74, 6) is 0.209. The van der Waals surface area contributed by atoms with Gasteiger partial charge in [0.25, 0.3) is 0 Å². The van der Waals surface area contributed by atoms with Crippen molar-refractivity contribution < 1.29 is 4.79 Å². The molecular weight excluding hydrogens is 368 g/mol. The van der Waals surface area contributed by atoms with Crippen LogP contribution < -0.4 is 10.6 Å². The quantitative estimate of drug-likeness (QED) is 0.770. The molecule has 0 aliphatic carbocycles. The Morgan fingerprint density at radius 2 is 1.85 bits per heavy atom. The number of piperidine rings is 1. The van der Waals surface area contributed by atoms with Gasteiger partial charge in [0.2, 0.25) is 5.91 Å². The summed E-state index contributed by atoms with van der Waals surface area (Å²) < 4.78 is 0. The lowest BCUT2D eigenvalue weighted by atomic mass is 9.92. The van der Waals surface area contributed by atoms with Gasteiger partial charge in [0.1, 0.15) is 0 Å². The average Bonchev–Trinajstić information content (AvgIpc) is 2.56. The first-order valence-corrected chi connectivity index (χ1v) is 9.46. The molecule has 7 heteroatoms. The molecule has 3 rings (SSSR count). The van der Waals surface area contributed by atoms with Crippen molar-refractivity contribution >= 4 is 35.8 Å². The molecule has 0 spiro atoms. The van der Waals surface area contributed by atoms with Crippen molar-refractivity contribution in [1.29, 1.82) is 0 Å². The van der Waals surface area contributed by atoms with Crippen molar-refractivity contribution in [2.75, 3.05) is 11.9 Å². The van der Waals surface area contributed by atoms with Crippen molar-refractivity contribution in [1.82, 2.24) is 15.3 Å². The molecule has 1 aromatic carbocycles. The minimum atomic E-state index is 0. The molecule has 2 atom stereocenters. The third-order valence-electron chi connectivity index (χ3n) is 4.29. The predicted molar refractivity (Wildman–Crippen MR) is 108 cm³/mol. The zero-order valence-corrected chi connectivity index (χ0v) is 16.9. The van der Waals surface area contributed by atoms with Gasteiger partial charge < -0.3 is 10.6 Å². The molecule has 0 saturated carbocycles. The summed E-state index contributed by atoms with van der Waals surface area (Å²) in [4.78, 5) is 22.3. The second-order valence-electron chi connectivity index (χ2n) is 6.63. The van der Waals surface area contributed by atoms with Gasteiger partial charge in [-0.3, -0.25) is 4.79 Å². The highest BCUT2D eigenvalue weighted by Gasteiger charge is 2.24. The molecule has 2 N–H and O–H groups in total. The number of aromatic nitrogens is 2. The normalized spacial score (nSPS) is 19.5. The van der Waals surface area contributed by atoms with Crippen LogP contribution in [0.2, 0.25) is 0 Å². The molecule has 0 bridgehead atoms. The third-order valence-corrected chi connectivity index (χ3v) is 5.16. The van der Waals surface area contributed by atoms with Gasteiger partial charge in [0.05, 0.1) is 0 Å². The Morgan fingerprint density at radius 1 is 1.19 bits per heavy atom. The van der Waals surface area contributed by atoms with Crippen LogP contribution in [0.1, 0.15) is 31.2 Å². The van der Waals surface area contributed by atoms with Crippen LogP contribution in [-0.4, -0.2) is 28.5 Å². The first-order chi connectivity index (χ1) is 12.0. The molecule has 26 heavy (non-hydrogen) atoms. The van der Waals surface area contributed by atoms with Gasteiger partial charge in [-0.05, 0) is 82.3 Å². The number of carbonyl (C=O) groups is 1. The SMILES string of the molecule is Cc1cc(C)nc(Sc2ccc(NC(=O)[C@H]3CCN[C@@H](C)C3)cc2)n1.Cl. The van der Waals surface area contributed by atoms with E-state index in [4.69, 9.17) is 0 Å². The summed E-state index contributed by atoms with van der Waals surface area (Å²) in [6.45, 7) is 6.98. The van der Waals surface area contributed by atoms with Crippen molar-refractivity contribution in [3.63, 3.8) is 0 Å². The molecule has 1 aromatic heterocycles. The summed E-state index contributed by atoms with van der Waals surface area (Å²) >= 11 is 1.53. The largest absolute Gasteiger partial charge is 0.326 e. The Morgan fingerprint density at radius 3 is 2.46 bits per heavy atom. The van der Waals surface area contributed by atoms with E-state index in [1.165, 1.54) is 11.8 Å². The Balaban J connectivity index is 0.00000243. The van der Waals surface area contributed by atoms with Crippen LogP contribution in [0.15, 0.2) is 40.4 Å². The number of hydrogen-bond donors (Lipinski definition) is 2. The van der Waals surface area contributed by atoms with Crippen LogP contribution in [0, 0.1) is 19.8 Å². The number of aryl methyl sites for hydroxylation is 2. The second-order valence-corrected chi connectivity index (χ2v) is 7.67. The minimum Gasteiger partial charge on any atom is -0.326 e. The van der Waals surface area contributed by atoms with Gasteiger partial charge in [0, 0.05) is 33.9 Å². The number of carbonyl (C=O) groups excluding carboxylic acids is 1. The van der Waals surface area contributed by atoms with Crippen LogP contribution in [0.4, 0.5) is 5.69 Å². The molecule has 1 aliphatic heterocycles. The van der Waals surface area contributed by atoms with E-state index < -0.39 is 0 Å². The van der Waals surface area contributed by atoms with Crippen molar-refractivity contribution in [2.45, 2.75) is 49.7 Å². The number of hydrogen-bond acceptors (Lipinski definition) is 5. The third kappa shape index (κ3) is 5.69. The summed E-state index contributed by atoms with van der Waals surface area (Å²) in [5, 5.41) is 7.16. The van der Waals surface area contributed by atoms with E-state index in [2.05, 4.69) is 27.5 Å². The number of amides is 1. The Labute approximate surface area is 165 Å². The standard InChI is InChI=1S/C19H24N4OS.ClH/c1-12-11-15(8-9-20-12)18(24)23-16-4-6-17(7-5-16)25-19-21-13(2)10-14(3)22-19;/h4-7,10,12,15,20H,8-9,11H2,1-3H3,(H,23,24);1H/t12-,15-;/m0./s1. The Hall–Kier alpha value is -1.63. The van der Waals surface area contributed by atoms with Gasteiger partial charge in [-0.1, -0.05) is 0 Å². The van der Waals surface area contributed by atoms with E-state index in [1.54, 1.807) is 0 Å². The Kier molecular flexibility index (Phi) is 7.43. The number of halogens is 1. The zero-order valence-electron chi connectivity index (χ0n) is 15.3. The lowest BCUT2D eigenvalue weighted by Gasteiger charge is -2.27. The molecule has 5 nitrogen and oxygen atoms in total. The van der Waals surface area contributed by atoms with Crippen molar-refractivity contribution in [3.8, 4) is 0 Å². The second kappa shape index (κ2) is 9.35. The summed E-state index contributed by atoms with van der Waals surface area (Å²) in [7, 11) is 0. The number of nitrogens with zero attached hydrogens (tertiary/aromatic N) is 2. The predicted octanol–water partition coefficient (Wildman–Crippen LogP) is 3.99. The average molecular weight is 393 g/mol. The maximum atomic E-state index is 12.4. The Bertz CT molecular complexity index is 733. The van der Waals surface area contributed by atoms with Gasteiger partial charge >= 0.3 is 0 Å². The highest BCUT2D eigenvalue weighted by molar-refractivity contribution is 7.99. The summed E-state index contributed by atoms with van der Waals surface area (Å²) in [5.41, 5.74) is 2.77. The molecule has 1 aliphatic rings. The topological polar surface area (TPSA) is 66.9 Å². The summed E-state index contributed by atoms with van der Waals surface area (Å²) in [6.07, 6.45) is 1.79. The number of rotatable bonds is 4. The smallest absolute Gasteiger partial charge is 0.227 e. The van der Waals surface area contributed by atoms with E-state index in [0.29, 0.717) is 6.04 Å².